The first-order valence-corrected chi connectivity index (χ1v) is 9.70. The molecule has 1 saturated heterocycles. The summed E-state index contributed by atoms with van der Waals surface area (Å²) < 4.78 is 5.18. The Balaban J connectivity index is 1.96. The van der Waals surface area contributed by atoms with Crippen LogP contribution in [0.3, 0.4) is 0 Å². The monoisotopic (exact) mass is 311 g/mol. The average Bonchev–Trinajstić information content (AvgIpc) is 2.98. The van der Waals surface area contributed by atoms with Crippen LogP contribution in [0.2, 0.25) is 0 Å². The highest BCUT2D eigenvalue weighted by molar-refractivity contribution is 5.76. The summed E-state index contributed by atoms with van der Waals surface area (Å²) in [5, 5.41) is 0. The third-order valence-electron chi connectivity index (χ3n) is 4.72. The molecular formula is C19H37NO2. The number of esters is 1. The van der Waals surface area contributed by atoms with Gasteiger partial charge in [0.05, 0.1) is 6.61 Å². The Morgan fingerprint density at radius 3 is 2.14 bits per heavy atom. The zero-order valence-electron chi connectivity index (χ0n) is 14.9. The minimum atomic E-state index is -0.00733. The van der Waals surface area contributed by atoms with Gasteiger partial charge in [-0.05, 0) is 39.3 Å². The van der Waals surface area contributed by atoms with Crippen molar-refractivity contribution in [2.24, 2.45) is 0 Å². The summed E-state index contributed by atoms with van der Waals surface area (Å²) in [6, 6.07) is 0.0403. The van der Waals surface area contributed by atoms with Gasteiger partial charge in [-0.25, -0.2) is 0 Å². The Hall–Kier alpha value is -0.570. The van der Waals surface area contributed by atoms with E-state index >= 15 is 0 Å². The van der Waals surface area contributed by atoms with Gasteiger partial charge in [0.2, 0.25) is 0 Å². The zero-order valence-corrected chi connectivity index (χ0v) is 14.9. The normalized spacial score (nSPS) is 18.7. The van der Waals surface area contributed by atoms with Crippen LogP contribution >= 0.6 is 0 Å². The summed E-state index contributed by atoms with van der Waals surface area (Å²) in [6.07, 6.45) is 15.8. The highest BCUT2D eigenvalue weighted by Crippen LogP contribution is 2.19. The topological polar surface area (TPSA) is 29.5 Å². The molecule has 0 saturated carbocycles. The van der Waals surface area contributed by atoms with Gasteiger partial charge in [0.1, 0.15) is 6.04 Å². The van der Waals surface area contributed by atoms with Crippen LogP contribution in [0, 0.1) is 0 Å². The quantitative estimate of drug-likeness (QED) is 0.356. The number of unbranched alkanes of at least 4 members (excludes halogenated alkanes) is 9. The van der Waals surface area contributed by atoms with Gasteiger partial charge >= 0.3 is 5.97 Å². The smallest absolute Gasteiger partial charge is 0.323 e. The largest absolute Gasteiger partial charge is 0.465 e. The van der Waals surface area contributed by atoms with Gasteiger partial charge in [-0.3, -0.25) is 9.69 Å². The molecule has 0 radical (unpaired) electrons. The molecule has 3 nitrogen and oxygen atoms in total. The lowest BCUT2D eigenvalue weighted by atomic mass is 10.1. The summed E-state index contributed by atoms with van der Waals surface area (Å²) in [6.45, 7) is 6.80. The van der Waals surface area contributed by atoms with Gasteiger partial charge in [0, 0.05) is 0 Å². The van der Waals surface area contributed by atoms with E-state index in [-0.39, 0.29) is 12.0 Å². The van der Waals surface area contributed by atoms with Crippen LogP contribution in [0.5, 0.6) is 0 Å². The fourth-order valence-electron chi connectivity index (χ4n) is 3.40. The predicted molar refractivity (Wildman–Crippen MR) is 93.1 cm³/mol. The van der Waals surface area contributed by atoms with Crippen molar-refractivity contribution in [3.8, 4) is 0 Å². The lowest BCUT2D eigenvalue weighted by Gasteiger charge is -2.22. The van der Waals surface area contributed by atoms with Gasteiger partial charge in [-0.1, -0.05) is 64.7 Å². The van der Waals surface area contributed by atoms with Crippen LogP contribution < -0.4 is 0 Å². The zero-order chi connectivity index (χ0) is 16.0. The van der Waals surface area contributed by atoms with Gasteiger partial charge < -0.3 is 4.74 Å². The SMILES string of the molecule is CCCCCCCCCCCCN1CCCC1C(=O)OCC. The molecule has 3 heteroatoms. The second kappa shape index (κ2) is 12.9. The predicted octanol–water partition coefficient (Wildman–Crippen LogP) is 4.93. The van der Waals surface area contributed by atoms with E-state index in [4.69, 9.17) is 4.74 Å². The van der Waals surface area contributed by atoms with Gasteiger partial charge in [0.15, 0.2) is 0 Å². The number of hydrogen-bond donors (Lipinski definition) is 0. The number of carbonyl (C=O) groups excluding carboxylic acids is 1. The Morgan fingerprint density at radius 1 is 0.955 bits per heavy atom. The van der Waals surface area contributed by atoms with Crippen LogP contribution in [0.1, 0.15) is 90.9 Å². The molecule has 1 atom stereocenters. The number of nitrogens with zero attached hydrogens (tertiary/aromatic N) is 1. The number of hydrogen-bond acceptors (Lipinski definition) is 3. The van der Waals surface area contributed by atoms with Crippen LogP contribution in [0.25, 0.3) is 0 Å². The molecule has 0 N–H and O–H groups in total. The van der Waals surface area contributed by atoms with Crippen molar-refractivity contribution in [2.45, 2.75) is 96.9 Å². The van der Waals surface area contributed by atoms with Crippen molar-refractivity contribution >= 4 is 5.97 Å². The van der Waals surface area contributed by atoms with Gasteiger partial charge in [-0.15, -0.1) is 0 Å². The molecule has 130 valence electrons. The Morgan fingerprint density at radius 2 is 1.55 bits per heavy atom. The highest BCUT2D eigenvalue weighted by Gasteiger charge is 2.30. The lowest BCUT2D eigenvalue weighted by molar-refractivity contribution is -0.148. The third-order valence-corrected chi connectivity index (χ3v) is 4.72. The maximum Gasteiger partial charge on any atom is 0.323 e. The van der Waals surface area contributed by atoms with Crippen molar-refractivity contribution in [3.63, 3.8) is 0 Å². The average molecular weight is 312 g/mol. The molecular weight excluding hydrogens is 274 g/mol. The molecule has 0 amide bonds. The fraction of sp³-hybridized carbons (Fsp3) is 0.947. The number of rotatable bonds is 13. The fourth-order valence-corrected chi connectivity index (χ4v) is 3.40. The molecule has 1 aliphatic heterocycles. The second-order valence-corrected chi connectivity index (χ2v) is 6.63. The van der Waals surface area contributed by atoms with E-state index in [1.54, 1.807) is 0 Å². The first kappa shape index (κ1) is 19.5. The number of likely N-dealkylation sites (tertiary alicyclic amines) is 1. The first-order chi connectivity index (χ1) is 10.8. The van der Waals surface area contributed by atoms with Crippen molar-refractivity contribution in [3.05, 3.63) is 0 Å². The molecule has 1 aliphatic rings. The van der Waals surface area contributed by atoms with Crippen molar-refractivity contribution in [1.29, 1.82) is 0 Å². The van der Waals surface area contributed by atoms with E-state index in [0.717, 1.165) is 25.9 Å². The van der Waals surface area contributed by atoms with Crippen LogP contribution in [-0.2, 0) is 9.53 Å². The summed E-state index contributed by atoms with van der Waals surface area (Å²) in [7, 11) is 0. The molecule has 1 rings (SSSR count). The van der Waals surface area contributed by atoms with E-state index in [9.17, 15) is 4.79 Å². The van der Waals surface area contributed by atoms with Crippen LogP contribution in [0.15, 0.2) is 0 Å². The van der Waals surface area contributed by atoms with Crippen LogP contribution in [-0.4, -0.2) is 36.6 Å². The number of ether oxygens (including phenoxy) is 1. The molecule has 1 unspecified atom stereocenters. The maximum absolute atomic E-state index is 11.9. The van der Waals surface area contributed by atoms with Crippen molar-refractivity contribution in [2.75, 3.05) is 19.7 Å². The minimum absolute atomic E-state index is 0.00733. The molecule has 0 aromatic heterocycles. The van der Waals surface area contributed by atoms with Crippen molar-refractivity contribution < 1.29 is 9.53 Å². The van der Waals surface area contributed by atoms with Crippen LogP contribution in [0.4, 0.5) is 0 Å². The van der Waals surface area contributed by atoms with Gasteiger partial charge in [0.25, 0.3) is 0 Å². The van der Waals surface area contributed by atoms with E-state index in [0.29, 0.717) is 6.61 Å². The first-order valence-electron chi connectivity index (χ1n) is 9.70. The summed E-state index contributed by atoms with van der Waals surface area (Å²) in [5.41, 5.74) is 0. The highest BCUT2D eigenvalue weighted by atomic mass is 16.5. The lowest BCUT2D eigenvalue weighted by Crippen LogP contribution is -2.37. The molecule has 0 aliphatic carbocycles. The Labute approximate surface area is 137 Å². The molecule has 1 heterocycles. The van der Waals surface area contributed by atoms with E-state index in [1.807, 2.05) is 6.92 Å². The Bertz CT molecular complexity index is 281. The maximum atomic E-state index is 11.9. The van der Waals surface area contributed by atoms with Crippen molar-refractivity contribution in [1.82, 2.24) is 4.90 Å². The molecule has 0 aromatic carbocycles. The van der Waals surface area contributed by atoms with Gasteiger partial charge in [-0.2, -0.15) is 0 Å². The summed E-state index contributed by atoms with van der Waals surface area (Å²) >= 11 is 0. The second-order valence-electron chi connectivity index (χ2n) is 6.63. The third kappa shape index (κ3) is 8.17. The molecule has 0 spiro atoms. The standard InChI is InChI=1S/C19H37NO2/c1-3-5-6-7-8-9-10-11-12-13-16-20-17-14-15-18(20)19(21)22-4-2/h18H,3-17H2,1-2H3. The summed E-state index contributed by atoms with van der Waals surface area (Å²) in [4.78, 5) is 14.2. The molecule has 22 heavy (non-hydrogen) atoms. The van der Waals surface area contributed by atoms with E-state index < -0.39 is 0 Å². The van der Waals surface area contributed by atoms with E-state index in [2.05, 4.69) is 11.8 Å². The summed E-state index contributed by atoms with van der Waals surface area (Å²) in [5.74, 6) is -0.00733. The minimum Gasteiger partial charge on any atom is -0.465 e. The Kier molecular flexibility index (Phi) is 11.4. The molecule has 1 fully saturated rings. The van der Waals surface area contributed by atoms with E-state index in [1.165, 1.54) is 64.2 Å². The molecule has 0 bridgehead atoms. The molecule has 0 aromatic rings. The number of carbonyl (C=O) groups is 1.